The van der Waals surface area contributed by atoms with Gasteiger partial charge in [0.15, 0.2) is 0 Å². The molecule has 0 nitrogen and oxygen atoms in total. The molecule has 0 atom stereocenters. The van der Waals surface area contributed by atoms with Gasteiger partial charge in [0.2, 0.25) is 0 Å². The van der Waals surface area contributed by atoms with Crippen molar-refractivity contribution in [1.29, 1.82) is 0 Å². The van der Waals surface area contributed by atoms with E-state index in [2.05, 4.69) is 0 Å². The van der Waals surface area contributed by atoms with Gasteiger partial charge in [-0.05, 0) is 0 Å². The summed E-state index contributed by atoms with van der Waals surface area (Å²) in [6.07, 6.45) is -4.22. The molecule has 0 spiro atoms. The number of alkyl halides is 3. The lowest BCUT2D eigenvalue weighted by Crippen LogP contribution is -2.18. The largest absolute Gasteiger partial charge is 0.415 e. The van der Waals surface area contributed by atoms with Crippen LogP contribution in [0.25, 0.3) is 0 Å². The highest BCUT2D eigenvalue weighted by Gasteiger charge is 2.31. The van der Waals surface area contributed by atoms with Crippen LogP contribution in [-0.4, -0.2) is 7.85 Å². The fraction of sp³-hybridized carbons (Fsp3) is 0.143. The summed E-state index contributed by atoms with van der Waals surface area (Å²) < 4.78 is 36.1. The molecular weight excluding hydrogens is 152 g/mol. The summed E-state index contributed by atoms with van der Waals surface area (Å²) in [6, 6.07) is 5.50. The first-order valence-electron chi connectivity index (χ1n) is 3.14. The molecule has 1 rings (SSSR count). The van der Waals surface area contributed by atoms with Crippen molar-refractivity contribution in [3.8, 4) is 0 Å². The lowest BCUT2D eigenvalue weighted by Gasteiger charge is -2.08. The molecular formula is C7H6BF3. The third-order valence-corrected chi connectivity index (χ3v) is 1.45. The van der Waals surface area contributed by atoms with Gasteiger partial charge in [-0.15, -0.1) is 0 Å². The van der Waals surface area contributed by atoms with E-state index in [-0.39, 0.29) is 5.46 Å². The summed E-state index contributed by atoms with van der Waals surface area (Å²) in [6.45, 7) is 0. The van der Waals surface area contributed by atoms with Gasteiger partial charge < -0.3 is 0 Å². The number of halogens is 3. The Labute approximate surface area is 63.4 Å². The highest BCUT2D eigenvalue weighted by molar-refractivity contribution is 6.33. The lowest BCUT2D eigenvalue weighted by atomic mass is 9.90. The number of hydrogen-bond acceptors (Lipinski definition) is 0. The zero-order valence-electron chi connectivity index (χ0n) is 5.94. The van der Waals surface area contributed by atoms with Crippen LogP contribution in [0.15, 0.2) is 24.3 Å². The second-order valence-corrected chi connectivity index (χ2v) is 2.31. The zero-order chi connectivity index (χ0) is 8.48. The van der Waals surface area contributed by atoms with Gasteiger partial charge in [-0.1, -0.05) is 29.7 Å². The first-order valence-corrected chi connectivity index (χ1v) is 3.14. The Balaban J connectivity index is 3.14. The maximum Gasteiger partial charge on any atom is 0.415 e. The molecule has 0 saturated heterocycles. The molecule has 0 heterocycles. The van der Waals surface area contributed by atoms with E-state index in [0.29, 0.717) is 0 Å². The molecule has 1 aromatic carbocycles. The minimum atomic E-state index is -4.22. The smallest absolute Gasteiger partial charge is 0.166 e. The Hall–Kier alpha value is -0.925. The molecule has 0 saturated carbocycles. The lowest BCUT2D eigenvalue weighted by molar-refractivity contribution is -0.136. The van der Waals surface area contributed by atoms with Crippen LogP contribution in [0.2, 0.25) is 0 Å². The molecule has 58 valence electrons. The molecule has 1 aromatic rings. The van der Waals surface area contributed by atoms with E-state index in [0.717, 1.165) is 6.07 Å². The van der Waals surface area contributed by atoms with E-state index >= 15 is 0 Å². The first kappa shape index (κ1) is 8.17. The highest BCUT2D eigenvalue weighted by atomic mass is 19.4. The number of rotatable bonds is 0. The molecule has 0 bridgehead atoms. The van der Waals surface area contributed by atoms with Crippen molar-refractivity contribution in [1.82, 2.24) is 0 Å². The van der Waals surface area contributed by atoms with Gasteiger partial charge in [-0.3, -0.25) is 0 Å². The minimum Gasteiger partial charge on any atom is -0.166 e. The molecule has 4 heteroatoms. The van der Waals surface area contributed by atoms with Crippen LogP contribution in [0.5, 0.6) is 0 Å². The third-order valence-electron chi connectivity index (χ3n) is 1.45. The van der Waals surface area contributed by atoms with Crippen molar-refractivity contribution < 1.29 is 13.2 Å². The van der Waals surface area contributed by atoms with E-state index in [1.807, 2.05) is 0 Å². The second kappa shape index (κ2) is 2.60. The van der Waals surface area contributed by atoms with E-state index in [9.17, 15) is 13.2 Å². The summed E-state index contributed by atoms with van der Waals surface area (Å²) in [5.74, 6) is 0. The van der Waals surface area contributed by atoms with Gasteiger partial charge in [-0.25, -0.2) is 0 Å². The van der Waals surface area contributed by atoms with E-state index in [1.165, 1.54) is 20.0 Å². The van der Waals surface area contributed by atoms with Crippen molar-refractivity contribution in [2.24, 2.45) is 0 Å². The summed E-state index contributed by atoms with van der Waals surface area (Å²) >= 11 is 0. The second-order valence-electron chi connectivity index (χ2n) is 2.31. The minimum absolute atomic E-state index is 0.264. The van der Waals surface area contributed by atoms with Gasteiger partial charge in [0, 0.05) is 5.56 Å². The third kappa shape index (κ3) is 1.76. The normalized spacial score (nSPS) is 11.5. The van der Waals surface area contributed by atoms with Crippen LogP contribution in [0, 0.1) is 0 Å². The van der Waals surface area contributed by atoms with Gasteiger partial charge in [0.05, 0.1) is 0 Å². The molecule has 0 N–H and O–H groups in total. The van der Waals surface area contributed by atoms with E-state index in [4.69, 9.17) is 0 Å². The molecule has 0 unspecified atom stereocenters. The summed E-state index contributed by atoms with van der Waals surface area (Å²) in [5.41, 5.74) is -0.292. The van der Waals surface area contributed by atoms with Crippen molar-refractivity contribution in [3.05, 3.63) is 29.8 Å². The predicted octanol–water partition coefficient (Wildman–Crippen LogP) is 0.964. The Morgan fingerprint density at radius 1 is 1.09 bits per heavy atom. The van der Waals surface area contributed by atoms with Crippen molar-refractivity contribution in [2.45, 2.75) is 6.18 Å². The van der Waals surface area contributed by atoms with Crippen LogP contribution in [0.3, 0.4) is 0 Å². The fourth-order valence-corrected chi connectivity index (χ4v) is 0.891. The van der Waals surface area contributed by atoms with Crippen molar-refractivity contribution in [2.75, 3.05) is 0 Å². The summed E-state index contributed by atoms with van der Waals surface area (Å²) in [7, 11) is 1.45. The predicted molar refractivity (Wildman–Crippen MR) is 39.6 cm³/mol. The molecule has 0 aliphatic carbocycles. The fourth-order valence-electron chi connectivity index (χ4n) is 0.891. The average molecular weight is 158 g/mol. The average Bonchev–Trinajstić information content (AvgIpc) is 1.86. The molecule has 0 fully saturated rings. The van der Waals surface area contributed by atoms with E-state index in [1.54, 1.807) is 6.07 Å². The van der Waals surface area contributed by atoms with Gasteiger partial charge in [0.1, 0.15) is 7.85 Å². The number of benzene rings is 1. The van der Waals surface area contributed by atoms with Crippen molar-refractivity contribution in [3.63, 3.8) is 0 Å². The standard InChI is InChI=1S/C7H6BF3/c8-6-4-2-1-3-5(6)7(9,10)11/h1-4H,8H2. The molecule has 0 aromatic heterocycles. The van der Waals surface area contributed by atoms with Crippen LogP contribution < -0.4 is 5.46 Å². The first-order chi connectivity index (χ1) is 5.02. The molecule has 0 amide bonds. The monoisotopic (exact) mass is 158 g/mol. The topological polar surface area (TPSA) is 0 Å². The maximum atomic E-state index is 12.0. The quantitative estimate of drug-likeness (QED) is 0.493. The molecule has 0 radical (unpaired) electrons. The molecule has 0 aliphatic rings. The SMILES string of the molecule is Bc1ccccc1C(F)(F)F. The van der Waals surface area contributed by atoms with Gasteiger partial charge in [0.25, 0.3) is 0 Å². The summed E-state index contributed by atoms with van der Waals surface area (Å²) in [4.78, 5) is 0. The van der Waals surface area contributed by atoms with Crippen LogP contribution >= 0.6 is 0 Å². The Morgan fingerprint density at radius 2 is 1.64 bits per heavy atom. The Kier molecular flexibility index (Phi) is 1.93. The van der Waals surface area contributed by atoms with Crippen LogP contribution in [0.1, 0.15) is 5.56 Å². The number of hydrogen-bond donors (Lipinski definition) is 0. The van der Waals surface area contributed by atoms with E-state index < -0.39 is 11.7 Å². The van der Waals surface area contributed by atoms with Crippen LogP contribution in [-0.2, 0) is 6.18 Å². The summed E-state index contributed by atoms with van der Waals surface area (Å²) in [5, 5.41) is 0. The van der Waals surface area contributed by atoms with Gasteiger partial charge >= 0.3 is 6.18 Å². The van der Waals surface area contributed by atoms with Crippen LogP contribution in [0.4, 0.5) is 13.2 Å². The zero-order valence-corrected chi connectivity index (χ0v) is 5.94. The van der Waals surface area contributed by atoms with Crippen molar-refractivity contribution >= 4 is 13.3 Å². The Bertz CT molecular complexity index is 254. The molecule has 11 heavy (non-hydrogen) atoms. The highest BCUT2D eigenvalue weighted by Crippen LogP contribution is 2.26. The molecule has 0 aliphatic heterocycles. The Morgan fingerprint density at radius 3 is 2.00 bits per heavy atom. The maximum absolute atomic E-state index is 12.0. The van der Waals surface area contributed by atoms with Gasteiger partial charge in [-0.2, -0.15) is 13.2 Å².